The van der Waals surface area contributed by atoms with Gasteiger partial charge in [0.05, 0.1) is 5.69 Å². The minimum Gasteiger partial charge on any atom is -0.383 e. The van der Waals surface area contributed by atoms with E-state index in [1.807, 2.05) is 13.1 Å². The first-order valence-corrected chi connectivity index (χ1v) is 6.01. The van der Waals surface area contributed by atoms with Crippen molar-refractivity contribution < 1.29 is 4.79 Å². The first-order valence-electron chi connectivity index (χ1n) is 6.01. The average Bonchev–Trinajstić information content (AvgIpc) is 2.93. The predicted octanol–water partition coefficient (Wildman–Crippen LogP) is 0.873. The summed E-state index contributed by atoms with van der Waals surface area (Å²) in [5, 5.41) is 4.14. The van der Waals surface area contributed by atoms with Gasteiger partial charge in [-0.3, -0.25) is 4.79 Å². The Morgan fingerprint density at radius 3 is 3.11 bits per heavy atom. The number of anilines is 1. The van der Waals surface area contributed by atoms with Gasteiger partial charge in [0.25, 0.3) is 5.91 Å². The van der Waals surface area contributed by atoms with Crippen molar-refractivity contribution in [2.75, 3.05) is 5.73 Å². The van der Waals surface area contributed by atoms with Gasteiger partial charge in [0.2, 0.25) is 0 Å². The number of hydrogen-bond donors (Lipinski definition) is 1. The van der Waals surface area contributed by atoms with Crippen molar-refractivity contribution in [2.24, 2.45) is 5.92 Å². The fourth-order valence-corrected chi connectivity index (χ4v) is 2.43. The second-order valence-electron chi connectivity index (χ2n) is 4.69. The van der Waals surface area contributed by atoms with Crippen LogP contribution in [0.5, 0.6) is 0 Å². The van der Waals surface area contributed by atoms with Crippen molar-refractivity contribution in [1.29, 1.82) is 0 Å². The molecule has 0 amide bonds. The lowest BCUT2D eigenvalue weighted by Crippen LogP contribution is -2.30. The van der Waals surface area contributed by atoms with E-state index in [9.17, 15) is 4.79 Å². The molecule has 1 aliphatic heterocycles. The van der Waals surface area contributed by atoms with Crippen molar-refractivity contribution >= 4 is 11.7 Å². The highest BCUT2D eigenvalue weighted by Gasteiger charge is 2.27. The molecule has 2 aromatic heterocycles. The predicted molar refractivity (Wildman–Crippen MR) is 66.0 cm³/mol. The van der Waals surface area contributed by atoms with E-state index in [1.165, 1.54) is 4.68 Å². The smallest absolute Gasteiger partial charge is 0.252 e. The summed E-state index contributed by atoms with van der Waals surface area (Å²) in [6, 6.07) is 1.71. The molecule has 0 aromatic carbocycles. The lowest BCUT2D eigenvalue weighted by atomic mass is 9.97. The molecular weight excluding hydrogens is 230 g/mol. The standard InChI is InChI=1S/C12H15N5O/c1-8-6-10(13)17(15-8)12(18)9-2-4-16-5-3-14-11(16)7-9/h3,5-6,9H,2,4,7,13H2,1H3. The number of carbonyl (C=O) groups excluding carboxylic acids is 1. The quantitative estimate of drug-likeness (QED) is 0.808. The van der Waals surface area contributed by atoms with Crippen molar-refractivity contribution in [3.05, 3.63) is 30.0 Å². The third-order valence-corrected chi connectivity index (χ3v) is 3.37. The van der Waals surface area contributed by atoms with Crippen LogP contribution in [-0.2, 0) is 13.0 Å². The monoisotopic (exact) mass is 245 g/mol. The van der Waals surface area contributed by atoms with E-state index in [2.05, 4.69) is 14.6 Å². The number of nitrogen functional groups attached to an aromatic ring is 1. The molecule has 2 aromatic rings. The summed E-state index contributed by atoms with van der Waals surface area (Å²) in [6.07, 6.45) is 5.18. The van der Waals surface area contributed by atoms with E-state index >= 15 is 0 Å². The molecule has 1 unspecified atom stereocenters. The summed E-state index contributed by atoms with van der Waals surface area (Å²) in [5.74, 6) is 1.25. The van der Waals surface area contributed by atoms with E-state index in [0.717, 1.165) is 24.5 Å². The fraction of sp³-hybridized carbons (Fsp3) is 0.417. The van der Waals surface area contributed by atoms with Crippen molar-refractivity contribution in [3.63, 3.8) is 0 Å². The molecule has 6 nitrogen and oxygen atoms in total. The van der Waals surface area contributed by atoms with E-state index in [-0.39, 0.29) is 11.8 Å². The van der Waals surface area contributed by atoms with Gasteiger partial charge < -0.3 is 10.3 Å². The average molecular weight is 245 g/mol. The van der Waals surface area contributed by atoms with E-state index in [0.29, 0.717) is 12.2 Å². The molecule has 1 atom stereocenters. The summed E-state index contributed by atoms with van der Waals surface area (Å²) in [4.78, 5) is 16.6. The van der Waals surface area contributed by atoms with Crippen LogP contribution in [0.2, 0.25) is 0 Å². The molecule has 3 rings (SSSR count). The number of hydrogen-bond acceptors (Lipinski definition) is 4. The second-order valence-corrected chi connectivity index (χ2v) is 4.69. The molecule has 0 aliphatic carbocycles. The zero-order chi connectivity index (χ0) is 12.7. The maximum atomic E-state index is 12.3. The minimum absolute atomic E-state index is 0.0325. The molecule has 18 heavy (non-hydrogen) atoms. The zero-order valence-electron chi connectivity index (χ0n) is 10.2. The van der Waals surface area contributed by atoms with Crippen LogP contribution in [0.4, 0.5) is 5.82 Å². The first kappa shape index (κ1) is 11.0. The van der Waals surface area contributed by atoms with Crippen LogP contribution in [0.3, 0.4) is 0 Å². The Morgan fingerprint density at radius 2 is 2.39 bits per heavy atom. The van der Waals surface area contributed by atoms with Crippen LogP contribution in [0.15, 0.2) is 18.5 Å². The number of aromatic nitrogens is 4. The fourth-order valence-electron chi connectivity index (χ4n) is 2.43. The molecule has 0 saturated heterocycles. The summed E-state index contributed by atoms with van der Waals surface area (Å²) in [7, 11) is 0. The highest BCUT2D eigenvalue weighted by atomic mass is 16.2. The van der Waals surface area contributed by atoms with Crippen LogP contribution in [0.25, 0.3) is 0 Å². The van der Waals surface area contributed by atoms with Crippen molar-refractivity contribution in [2.45, 2.75) is 26.3 Å². The Labute approximate surface area is 104 Å². The molecule has 0 bridgehead atoms. The zero-order valence-corrected chi connectivity index (χ0v) is 10.2. The largest absolute Gasteiger partial charge is 0.383 e. The summed E-state index contributed by atoms with van der Waals surface area (Å²) >= 11 is 0. The summed E-state index contributed by atoms with van der Waals surface area (Å²) < 4.78 is 3.40. The minimum atomic E-state index is -0.0819. The van der Waals surface area contributed by atoms with Gasteiger partial charge in [-0.05, 0) is 13.3 Å². The number of carbonyl (C=O) groups is 1. The van der Waals surface area contributed by atoms with Gasteiger partial charge in [0.1, 0.15) is 11.6 Å². The van der Waals surface area contributed by atoms with Gasteiger partial charge >= 0.3 is 0 Å². The third kappa shape index (κ3) is 1.70. The molecule has 0 saturated carbocycles. The van der Waals surface area contributed by atoms with E-state index in [1.54, 1.807) is 12.3 Å². The van der Waals surface area contributed by atoms with Gasteiger partial charge in [0.15, 0.2) is 0 Å². The highest BCUT2D eigenvalue weighted by molar-refractivity contribution is 5.83. The van der Waals surface area contributed by atoms with Crippen LogP contribution in [0, 0.1) is 12.8 Å². The Balaban J connectivity index is 1.85. The van der Waals surface area contributed by atoms with Crippen molar-refractivity contribution in [1.82, 2.24) is 19.3 Å². The Hall–Kier alpha value is -2.11. The summed E-state index contributed by atoms with van der Waals surface area (Å²) in [5.41, 5.74) is 6.54. The molecule has 2 N–H and O–H groups in total. The molecule has 0 fully saturated rings. The van der Waals surface area contributed by atoms with Gasteiger partial charge in [-0.15, -0.1) is 0 Å². The van der Waals surface area contributed by atoms with Gasteiger partial charge in [-0.25, -0.2) is 4.98 Å². The maximum Gasteiger partial charge on any atom is 0.252 e. The SMILES string of the molecule is Cc1cc(N)n(C(=O)C2CCn3ccnc3C2)n1. The third-order valence-electron chi connectivity index (χ3n) is 3.37. The lowest BCUT2D eigenvalue weighted by molar-refractivity contribution is 0.0796. The molecule has 6 heteroatoms. The van der Waals surface area contributed by atoms with Crippen LogP contribution < -0.4 is 5.73 Å². The van der Waals surface area contributed by atoms with Gasteiger partial charge in [0, 0.05) is 37.3 Å². The number of aryl methyl sites for hydroxylation is 2. The first-order chi connectivity index (χ1) is 8.65. The normalized spacial score (nSPS) is 18.6. The topological polar surface area (TPSA) is 78.7 Å². The van der Waals surface area contributed by atoms with Crippen molar-refractivity contribution in [3.8, 4) is 0 Å². The number of nitrogens with two attached hydrogens (primary N) is 1. The molecule has 1 aliphatic rings. The Morgan fingerprint density at radius 1 is 1.56 bits per heavy atom. The maximum absolute atomic E-state index is 12.3. The lowest BCUT2D eigenvalue weighted by Gasteiger charge is -2.22. The number of rotatable bonds is 1. The summed E-state index contributed by atoms with van der Waals surface area (Å²) in [6.45, 7) is 2.65. The van der Waals surface area contributed by atoms with Crippen LogP contribution >= 0.6 is 0 Å². The molecule has 0 spiro atoms. The van der Waals surface area contributed by atoms with Crippen LogP contribution in [0.1, 0.15) is 22.7 Å². The number of fused-ring (bicyclic) bond motifs is 1. The van der Waals surface area contributed by atoms with Gasteiger partial charge in [-0.2, -0.15) is 9.78 Å². The van der Waals surface area contributed by atoms with Crippen LogP contribution in [-0.4, -0.2) is 25.2 Å². The number of imidazole rings is 1. The Kier molecular flexibility index (Phi) is 2.43. The van der Waals surface area contributed by atoms with E-state index in [4.69, 9.17) is 5.73 Å². The second kappa shape index (κ2) is 3.97. The van der Waals surface area contributed by atoms with Gasteiger partial charge in [-0.1, -0.05) is 0 Å². The molecule has 94 valence electrons. The highest BCUT2D eigenvalue weighted by Crippen LogP contribution is 2.21. The molecule has 3 heterocycles. The molecule has 0 radical (unpaired) electrons. The number of nitrogens with zero attached hydrogens (tertiary/aromatic N) is 4. The Bertz CT molecular complexity index is 597. The molecular formula is C12H15N5O. The van der Waals surface area contributed by atoms with E-state index < -0.39 is 0 Å².